The molecular weight excluding hydrogens is 406 g/mol. The number of hydrogen-bond acceptors (Lipinski definition) is 3. The van der Waals surface area contributed by atoms with Gasteiger partial charge in [0.2, 0.25) is 0 Å². The monoisotopic (exact) mass is 427 g/mol. The van der Waals surface area contributed by atoms with E-state index in [1.165, 1.54) is 12.3 Å². The van der Waals surface area contributed by atoms with Crippen LogP contribution in [0.2, 0.25) is 0 Å². The maximum absolute atomic E-state index is 14.8. The molecule has 0 aromatic heterocycles. The lowest BCUT2D eigenvalue weighted by atomic mass is 9.78. The van der Waals surface area contributed by atoms with Gasteiger partial charge in [0.25, 0.3) is 0 Å². The fraction of sp³-hybridized carbons (Fsp3) is 0.429. The standard InChI is InChI=1S/C21H21F4NO2S/c1-29(27,28)11-13-3-2-4-15-17(10-26-20(13)15)19(12-5-6-12)16-8-7-14(9-18(16)22)21(23,24)25/h2-4,7-9,12,17,19,26H,5-6,10-11H2,1H3. The summed E-state index contributed by atoms with van der Waals surface area (Å²) in [5.41, 5.74) is 1.63. The first-order valence-electron chi connectivity index (χ1n) is 9.44. The molecule has 1 saturated carbocycles. The molecule has 8 heteroatoms. The molecule has 2 atom stereocenters. The van der Waals surface area contributed by atoms with Crippen LogP contribution in [0.25, 0.3) is 0 Å². The summed E-state index contributed by atoms with van der Waals surface area (Å²) in [5.74, 6) is -1.10. The third-order valence-electron chi connectivity index (χ3n) is 5.75. The summed E-state index contributed by atoms with van der Waals surface area (Å²) < 4.78 is 77.0. The number of benzene rings is 2. The minimum absolute atomic E-state index is 0.0986. The number of alkyl halides is 3. The molecule has 4 rings (SSSR count). The van der Waals surface area contributed by atoms with Crippen molar-refractivity contribution >= 4 is 15.5 Å². The second-order valence-electron chi connectivity index (χ2n) is 8.04. The highest BCUT2D eigenvalue weighted by atomic mass is 32.2. The van der Waals surface area contributed by atoms with E-state index in [-0.39, 0.29) is 23.5 Å². The first-order valence-corrected chi connectivity index (χ1v) is 11.5. The van der Waals surface area contributed by atoms with Crippen molar-refractivity contribution in [2.75, 3.05) is 18.1 Å². The molecule has 29 heavy (non-hydrogen) atoms. The molecule has 1 fully saturated rings. The minimum atomic E-state index is -4.59. The number of rotatable bonds is 5. The van der Waals surface area contributed by atoms with Crippen LogP contribution in [0.15, 0.2) is 36.4 Å². The van der Waals surface area contributed by atoms with Crippen LogP contribution >= 0.6 is 0 Å². The highest BCUT2D eigenvalue weighted by Gasteiger charge is 2.43. The van der Waals surface area contributed by atoms with Crippen molar-refractivity contribution in [1.82, 2.24) is 0 Å². The smallest absolute Gasteiger partial charge is 0.384 e. The molecule has 1 N–H and O–H groups in total. The van der Waals surface area contributed by atoms with Gasteiger partial charge in [-0.15, -0.1) is 0 Å². The van der Waals surface area contributed by atoms with Gasteiger partial charge in [0.1, 0.15) is 5.82 Å². The van der Waals surface area contributed by atoms with E-state index >= 15 is 0 Å². The lowest BCUT2D eigenvalue weighted by Crippen LogP contribution is -2.17. The van der Waals surface area contributed by atoms with Gasteiger partial charge in [0.15, 0.2) is 9.84 Å². The van der Waals surface area contributed by atoms with Gasteiger partial charge < -0.3 is 5.32 Å². The molecule has 2 aromatic carbocycles. The van der Waals surface area contributed by atoms with Crippen LogP contribution in [0.1, 0.15) is 46.9 Å². The van der Waals surface area contributed by atoms with Gasteiger partial charge in [-0.1, -0.05) is 24.3 Å². The maximum atomic E-state index is 14.8. The average molecular weight is 427 g/mol. The van der Waals surface area contributed by atoms with Crippen LogP contribution in [0.4, 0.5) is 23.2 Å². The Kier molecular flexibility index (Phi) is 4.88. The van der Waals surface area contributed by atoms with Gasteiger partial charge in [-0.25, -0.2) is 12.8 Å². The number of sulfone groups is 1. The van der Waals surface area contributed by atoms with Crippen LogP contribution in [0.3, 0.4) is 0 Å². The molecule has 1 aliphatic heterocycles. The lowest BCUT2D eigenvalue weighted by Gasteiger charge is -2.25. The quantitative estimate of drug-likeness (QED) is 0.676. The largest absolute Gasteiger partial charge is 0.416 e. The summed E-state index contributed by atoms with van der Waals surface area (Å²) >= 11 is 0. The first-order chi connectivity index (χ1) is 13.5. The SMILES string of the molecule is CS(=O)(=O)Cc1cccc2c1NCC2C(c1ccc(C(F)(F)F)cc1F)C1CC1. The number of fused-ring (bicyclic) bond motifs is 1. The third-order valence-corrected chi connectivity index (χ3v) is 6.58. The molecule has 2 aromatic rings. The number of hydrogen-bond donors (Lipinski definition) is 1. The molecule has 0 saturated heterocycles. The molecular formula is C21H21F4NO2S. The van der Waals surface area contributed by atoms with E-state index in [1.807, 2.05) is 6.07 Å². The van der Waals surface area contributed by atoms with Gasteiger partial charge in [-0.05, 0) is 53.5 Å². The normalized spacial score (nSPS) is 20.2. The van der Waals surface area contributed by atoms with Crippen molar-refractivity contribution in [3.05, 3.63) is 64.5 Å². The Balaban J connectivity index is 1.72. The summed E-state index contributed by atoms with van der Waals surface area (Å²) in [5, 5.41) is 3.26. The van der Waals surface area contributed by atoms with E-state index in [2.05, 4.69) is 5.32 Å². The van der Waals surface area contributed by atoms with Gasteiger partial charge in [0, 0.05) is 24.4 Å². The molecule has 156 valence electrons. The summed E-state index contributed by atoms with van der Waals surface area (Å²) in [6, 6.07) is 8.21. The zero-order valence-electron chi connectivity index (χ0n) is 15.8. The van der Waals surface area contributed by atoms with E-state index in [4.69, 9.17) is 0 Å². The Morgan fingerprint density at radius 3 is 2.48 bits per heavy atom. The van der Waals surface area contributed by atoms with Crippen molar-refractivity contribution in [2.45, 2.75) is 36.6 Å². The fourth-order valence-electron chi connectivity index (χ4n) is 4.42. The second kappa shape index (κ2) is 7.00. The molecule has 0 bridgehead atoms. The summed E-state index contributed by atoms with van der Waals surface area (Å²) in [6.07, 6.45) is -1.61. The molecule has 0 radical (unpaired) electrons. The molecule has 0 amide bonds. The molecule has 1 heterocycles. The van der Waals surface area contributed by atoms with Crippen LogP contribution in [-0.4, -0.2) is 21.2 Å². The minimum Gasteiger partial charge on any atom is -0.384 e. The van der Waals surface area contributed by atoms with E-state index in [1.54, 1.807) is 12.1 Å². The van der Waals surface area contributed by atoms with Crippen molar-refractivity contribution in [2.24, 2.45) is 5.92 Å². The number of halogens is 4. The van der Waals surface area contributed by atoms with E-state index < -0.39 is 27.4 Å². The van der Waals surface area contributed by atoms with E-state index in [9.17, 15) is 26.0 Å². The van der Waals surface area contributed by atoms with E-state index in [0.717, 1.165) is 30.2 Å². The van der Waals surface area contributed by atoms with Gasteiger partial charge >= 0.3 is 6.18 Å². The Labute approximate surface area is 167 Å². The zero-order chi connectivity index (χ0) is 21.0. The summed E-state index contributed by atoms with van der Waals surface area (Å²) in [7, 11) is -3.22. The second-order valence-corrected chi connectivity index (χ2v) is 10.2. The zero-order valence-corrected chi connectivity index (χ0v) is 16.6. The van der Waals surface area contributed by atoms with E-state index in [0.29, 0.717) is 23.7 Å². The Hall–Kier alpha value is -2.09. The van der Waals surface area contributed by atoms with Crippen molar-refractivity contribution in [1.29, 1.82) is 0 Å². The Bertz CT molecular complexity index is 1050. The van der Waals surface area contributed by atoms with Crippen LogP contribution in [0, 0.1) is 11.7 Å². The van der Waals surface area contributed by atoms with Crippen molar-refractivity contribution < 1.29 is 26.0 Å². The third kappa shape index (κ3) is 4.13. The average Bonchev–Trinajstić information content (AvgIpc) is 3.34. The molecule has 0 spiro atoms. The molecule has 3 nitrogen and oxygen atoms in total. The van der Waals surface area contributed by atoms with Gasteiger partial charge in [-0.3, -0.25) is 0 Å². The lowest BCUT2D eigenvalue weighted by molar-refractivity contribution is -0.137. The predicted molar refractivity (Wildman–Crippen MR) is 103 cm³/mol. The van der Waals surface area contributed by atoms with Crippen molar-refractivity contribution in [3.8, 4) is 0 Å². The Morgan fingerprint density at radius 1 is 1.17 bits per heavy atom. The Morgan fingerprint density at radius 2 is 1.90 bits per heavy atom. The van der Waals surface area contributed by atoms with Crippen molar-refractivity contribution in [3.63, 3.8) is 0 Å². The number of anilines is 1. The fourth-order valence-corrected chi connectivity index (χ4v) is 5.22. The molecule has 2 aliphatic rings. The molecule has 1 aliphatic carbocycles. The summed E-state index contributed by atoms with van der Waals surface area (Å²) in [6.45, 7) is 0.498. The topological polar surface area (TPSA) is 46.2 Å². The van der Waals surface area contributed by atoms with Gasteiger partial charge in [0.05, 0.1) is 11.3 Å². The first kappa shape index (κ1) is 20.2. The van der Waals surface area contributed by atoms with Gasteiger partial charge in [-0.2, -0.15) is 13.2 Å². The number of nitrogens with one attached hydrogen (secondary N) is 1. The number of para-hydroxylation sites is 1. The maximum Gasteiger partial charge on any atom is 0.416 e. The highest BCUT2D eigenvalue weighted by Crippen LogP contribution is 2.53. The summed E-state index contributed by atoms with van der Waals surface area (Å²) in [4.78, 5) is 0. The highest BCUT2D eigenvalue weighted by molar-refractivity contribution is 7.89. The van der Waals surface area contributed by atoms with Crippen LogP contribution < -0.4 is 5.32 Å². The van der Waals surface area contributed by atoms with Crippen LogP contribution in [-0.2, 0) is 21.8 Å². The predicted octanol–water partition coefficient (Wildman–Crippen LogP) is 5.09. The molecule has 2 unspecified atom stereocenters. The van der Waals surface area contributed by atoms with Crippen LogP contribution in [0.5, 0.6) is 0 Å².